The van der Waals surface area contributed by atoms with Gasteiger partial charge in [0, 0.05) is 19.0 Å². The molecule has 0 aliphatic heterocycles. The van der Waals surface area contributed by atoms with Crippen LogP contribution in [0.25, 0.3) is 0 Å². The number of aliphatic hydroxyl groups excluding tert-OH is 1. The van der Waals surface area contributed by atoms with Crippen LogP contribution < -0.4 is 5.32 Å². The summed E-state index contributed by atoms with van der Waals surface area (Å²) in [5, 5.41) is 15.4. The molecule has 0 aromatic heterocycles. The van der Waals surface area contributed by atoms with Crippen LogP contribution >= 0.6 is 0 Å². The lowest BCUT2D eigenvalue weighted by Gasteiger charge is -2.04. The van der Waals surface area contributed by atoms with Crippen molar-refractivity contribution in [3.8, 4) is 11.8 Å². The lowest BCUT2D eigenvalue weighted by atomic mass is 10.1. The first-order valence-corrected chi connectivity index (χ1v) is 5.16. The summed E-state index contributed by atoms with van der Waals surface area (Å²) in [6.07, 6.45) is 0. The smallest absolute Gasteiger partial charge is 0.132 e. The number of nitrogens with zero attached hydrogens (tertiary/aromatic N) is 1. The number of hydrogen-bond acceptors (Lipinski definition) is 4. The monoisotopic (exact) mass is 212 g/mol. The molecular formula is C11H20N2O2. The van der Waals surface area contributed by atoms with Gasteiger partial charge in [0.2, 0.25) is 0 Å². The summed E-state index contributed by atoms with van der Waals surface area (Å²) in [6, 6.07) is 0. The van der Waals surface area contributed by atoms with Gasteiger partial charge in [-0.3, -0.25) is 0 Å². The molecular weight excluding hydrogens is 192 g/mol. The Balaban J connectivity index is 3.74. The molecule has 0 saturated heterocycles. The van der Waals surface area contributed by atoms with E-state index < -0.39 is 0 Å². The van der Waals surface area contributed by atoms with Crippen LogP contribution in [-0.4, -0.2) is 37.1 Å². The molecule has 4 heteroatoms. The molecule has 0 aliphatic rings. The second-order valence-electron chi connectivity index (χ2n) is 3.31. The SMILES string of the molecule is CC#C/C(=N\OCCNCCO)C(C)C. The molecule has 2 N–H and O–H groups in total. The fraction of sp³-hybridized carbons (Fsp3) is 0.727. The number of nitrogens with one attached hydrogen (secondary N) is 1. The van der Waals surface area contributed by atoms with E-state index in [2.05, 4.69) is 22.3 Å². The molecule has 0 spiro atoms. The van der Waals surface area contributed by atoms with Gasteiger partial charge in [-0.1, -0.05) is 24.9 Å². The Morgan fingerprint density at radius 2 is 2.20 bits per heavy atom. The number of oxime groups is 1. The van der Waals surface area contributed by atoms with Crippen molar-refractivity contribution in [1.29, 1.82) is 0 Å². The van der Waals surface area contributed by atoms with Gasteiger partial charge in [0.25, 0.3) is 0 Å². The third-order valence-electron chi connectivity index (χ3n) is 1.62. The van der Waals surface area contributed by atoms with Crippen LogP contribution in [0, 0.1) is 17.8 Å². The molecule has 0 rings (SSSR count). The molecule has 0 aliphatic carbocycles. The predicted molar refractivity (Wildman–Crippen MR) is 61.6 cm³/mol. The Morgan fingerprint density at radius 3 is 2.73 bits per heavy atom. The van der Waals surface area contributed by atoms with Crippen LogP contribution in [0.15, 0.2) is 5.16 Å². The third-order valence-corrected chi connectivity index (χ3v) is 1.62. The lowest BCUT2D eigenvalue weighted by Crippen LogP contribution is -2.22. The van der Waals surface area contributed by atoms with E-state index in [0.29, 0.717) is 19.7 Å². The van der Waals surface area contributed by atoms with E-state index in [4.69, 9.17) is 9.94 Å². The van der Waals surface area contributed by atoms with E-state index in [0.717, 1.165) is 5.71 Å². The zero-order valence-electron chi connectivity index (χ0n) is 9.71. The first-order chi connectivity index (χ1) is 7.22. The predicted octanol–water partition coefficient (Wildman–Crippen LogP) is 0.620. The summed E-state index contributed by atoms with van der Waals surface area (Å²) < 4.78 is 0. The van der Waals surface area contributed by atoms with Crippen molar-refractivity contribution < 1.29 is 9.94 Å². The average molecular weight is 212 g/mol. The molecule has 4 nitrogen and oxygen atoms in total. The van der Waals surface area contributed by atoms with Crippen LogP contribution in [-0.2, 0) is 4.84 Å². The van der Waals surface area contributed by atoms with E-state index in [9.17, 15) is 0 Å². The van der Waals surface area contributed by atoms with Gasteiger partial charge in [0.05, 0.1) is 6.61 Å². The topological polar surface area (TPSA) is 53.8 Å². The zero-order chi connectivity index (χ0) is 11.5. The number of hydrogen-bond donors (Lipinski definition) is 2. The molecule has 0 saturated carbocycles. The van der Waals surface area contributed by atoms with Crippen molar-refractivity contribution in [2.45, 2.75) is 20.8 Å². The summed E-state index contributed by atoms with van der Waals surface area (Å²) in [7, 11) is 0. The molecule has 0 atom stereocenters. The van der Waals surface area contributed by atoms with E-state index in [1.54, 1.807) is 6.92 Å². The van der Waals surface area contributed by atoms with Crippen LogP contribution in [0.2, 0.25) is 0 Å². The van der Waals surface area contributed by atoms with Gasteiger partial charge in [-0.2, -0.15) is 0 Å². The van der Waals surface area contributed by atoms with Gasteiger partial charge in [0.1, 0.15) is 12.3 Å². The first kappa shape index (κ1) is 13.9. The van der Waals surface area contributed by atoms with Crippen LogP contribution in [0.5, 0.6) is 0 Å². The highest BCUT2D eigenvalue weighted by atomic mass is 16.6. The summed E-state index contributed by atoms with van der Waals surface area (Å²) in [5.41, 5.74) is 0.764. The third kappa shape index (κ3) is 7.98. The van der Waals surface area contributed by atoms with Crippen molar-refractivity contribution in [2.75, 3.05) is 26.3 Å². The Kier molecular flexibility index (Phi) is 8.84. The minimum Gasteiger partial charge on any atom is -0.395 e. The quantitative estimate of drug-likeness (QED) is 0.281. The largest absolute Gasteiger partial charge is 0.395 e. The highest BCUT2D eigenvalue weighted by Gasteiger charge is 2.01. The number of aliphatic hydroxyl groups is 1. The molecule has 0 amide bonds. The summed E-state index contributed by atoms with van der Waals surface area (Å²) in [4.78, 5) is 5.10. The fourth-order valence-electron chi connectivity index (χ4n) is 0.838. The first-order valence-electron chi connectivity index (χ1n) is 5.16. The second-order valence-corrected chi connectivity index (χ2v) is 3.31. The molecule has 0 heterocycles. The Bertz CT molecular complexity index is 239. The molecule has 0 bridgehead atoms. The van der Waals surface area contributed by atoms with Gasteiger partial charge in [-0.25, -0.2) is 0 Å². The molecule has 0 aromatic rings. The summed E-state index contributed by atoms with van der Waals surface area (Å²) in [6.45, 7) is 7.71. The zero-order valence-corrected chi connectivity index (χ0v) is 9.71. The van der Waals surface area contributed by atoms with E-state index in [1.807, 2.05) is 13.8 Å². The number of rotatable bonds is 7. The summed E-state index contributed by atoms with van der Waals surface area (Å²) >= 11 is 0. The Labute approximate surface area is 91.7 Å². The van der Waals surface area contributed by atoms with Gasteiger partial charge < -0.3 is 15.3 Å². The normalized spacial score (nSPS) is 11.1. The molecule has 86 valence electrons. The van der Waals surface area contributed by atoms with Gasteiger partial charge in [0.15, 0.2) is 0 Å². The summed E-state index contributed by atoms with van der Waals surface area (Å²) in [5.74, 6) is 5.98. The maximum Gasteiger partial charge on any atom is 0.132 e. The second kappa shape index (κ2) is 9.50. The van der Waals surface area contributed by atoms with Crippen LogP contribution in [0.4, 0.5) is 0 Å². The Morgan fingerprint density at radius 1 is 1.47 bits per heavy atom. The highest BCUT2D eigenvalue weighted by molar-refractivity contribution is 6.01. The standard InChI is InChI=1S/C11H20N2O2/c1-4-5-11(10(2)3)13-15-9-7-12-6-8-14/h10,12,14H,6-9H2,1-3H3/b13-11+. The highest BCUT2D eigenvalue weighted by Crippen LogP contribution is 1.96. The van der Waals surface area contributed by atoms with Gasteiger partial charge in [-0.15, -0.1) is 0 Å². The molecule has 0 unspecified atom stereocenters. The van der Waals surface area contributed by atoms with Crippen molar-refractivity contribution in [3.05, 3.63) is 0 Å². The van der Waals surface area contributed by atoms with E-state index in [1.165, 1.54) is 0 Å². The fourth-order valence-corrected chi connectivity index (χ4v) is 0.838. The van der Waals surface area contributed by atoms with Crippen LogP contribution in [0.1, 0.15) is 20.8 Å². The van der Waals surface area contributed by atoms with Gasteiger partial charge in [-0.05, 0) is 12.8 Å². The van der Waals surface area contributed by atoms with Crippen LogP contribution in [0.3, 0.4) is 0 Å². The molecule has 0 aromatic carbocycles. The lowest BCUT2D eigenvalue weighted by molar-refractivity contribution is 0.143. The van der Waals surface area contributed by atoms with Crippen molar-refractivity contribution in [1.82, 2.24) is 5.32 Å². The molecule has 0 radical (unpaired) electrons. The maximum atomic E-state index is 8.50. The van der Waals surface area contributed by atoms with E-state index >= 15 is 0 Å². The minimum absolute atomic E-state index is 0.141. The molecule has 15 heavy (non-hydrogen) atoms. The van der Waals surface area contributed by atoms with Crippen molar-refractivity contribution >= 4 is 5.71 Å². The minimum atomic E-state index is 0.141. The van der Waals surface area contributed by atoms with Crippen molar-refractivity contribution in [2.24, 2.45) is 11.1 Å². The maximum absolute atomic E-state index is 8.50. The molecule has 0 fully saturated rings. The average Bonchev–Trinajstić information content (AvgIpc) is 2.21. The van der Waals surface area contributed by atoms with Crippen molar-refractivity contribution in [3.63, 3.8) is 0 Å². The van der Waals surface area contributed by atoms with E-state index in [-0.39, 0.29) is 12.5 Å². The Hall–Kier alpha value is -1.05. The van der Waals surface area contributed by atoms with Gasteiger partial charge >= 0.3 is 0 Å².